The first-order valence-corrected chi connectivity index (χ1v) is 11.0. The number of aliphatic hydroxyl groups excluding tert-OH is 1. The van der Waals surface area contributed by atoms with Crippen LogP contribution in [-0.4, -0.2) is 38.2 Å². The number of hydrogen-bond donors (Lipinski definition) is 2. The third-order valence-electron chi connectivity index (χ3n) is 4.92. The number of benzene rings is 1. The van der Waals surface area contributed by atoms with E-state index >= 15 is 4.39 Å². The molecule has 7 nitrogen and oxygen atoms in total. The molecule has 0 spiro atoms. The van der Waals surface area contributed by atoms with Gasteiger partial charge in [-0.25, -0.2) is 19.3 Å². The molecule has 3 rings (SSSR count). The molecule has 12 heteroatoms. The number of ether oxygens (including phenoxy) is 1. The minimum Gasteiger partial charge on any atom is -0.488 e. The summed E-state index contributed by atoms with van der Waals surface area (Å²) in [6, 6.07) is 1.78. The van der Waals surface area contributed by atoms with Crippen LogP contribution in [-0.2, 0) is 6.18 Å². The molecule has 2 aromatic heterocycles. The van der Waals surface area contributed by atoms with Crippen LogP contribution in [0.4, 0.5) is 17.6 Å². The summed E-state index contributed by atoms with van der Waals surface area (Å²) in [5, 5.41) is 12.6. The number of nitrogens with zero attached hydrogens (tertiary/aromatic N) is 3. The molecule has 0 bridgehead atoms. The van der Waals surface area contributed by atoms with Gasteiger partial charge in [0, 0.05) is 29.0 Å². The van der Waals surface area contributed by atoms with E-state index in [9.17, 15) is 23.1 Å². The van der Waals surface area contributed by atoms with E-state index < -0.39 is 42.0 Å². The molecule has 0 radical (unpaired) electrons. The van der Waals surface area contributed by atoms with E-state index in [-0.39, 0.29) is 22.4 Å². The zero-order valence-electron chi connectivity index (χ0n) is 18.6. The topological polar surface area (TPSA) is 97.2 Å². The van der Waals surface area contributed by atoms with Crippen LogP contribution in [0.15, 0.2) is 30.7 Å². The van der Waals surface area contributed by atoms with Crippen molar-refractivity contribution in [1.29, 1.82) is 0 Å². The molecule has 34 heavy (non-hydrogen) atoms. The number of halogens is 4. The fourth-order valence-corrected chi connectivity index (χ4v) is 3.62. The lowest BCUT2D eigenvalue weighted by Crippen LogP contribution is -2.29. The Kier molecular flexibility index (Phi) is 7.51. The molecule has 2 N–H and O–H groups in total. The van der Waals surface area contributed by atoms with Gasteiger partial charge in [-0.3, -0.25) is 4.79 Å². The maximum Gasteiger partial charge on any atom is 0.451 e. The number of aliphatic hydroxyl groups is 1. The van der Waals surface area contributed by atoms with Gasteiger partial charge in [-0.05, 0) is 39.8 Å². The smallest absolute Gasteiger partial charge is 0.451 e. The Morgan fingerprint density at radius 3 is 2.29 bits per heavy atom. The van der Waals surface area contributed by atoms with E-state index in [0.717, 1.165) is 17.3 Å². The summed E-state index contributed by atoms with van der Waals surface area (Å²) in [5.74, 6) is -2.82. The van der Waals surface area contributed by atoms with E-state index in [4.69, 9.17) is 4.74 Å². The second-order valence-corrected chi connectivity index (χ2v) is 8.94. The quantitative estimate of drug-likeness (QED) is 0.458. The minimum absolute atomic E-state index is 0.0454. The average Bonchev–Trinajstić information content (AvgIpc) is 3.20. The molecular weight excluding hydrogens is 476 g/mol. The second-order valence-electron chi connectivity index (χ2n) is 7.70. The summed E-state index contributed by atoms with van der Waals surface area (Å²) >= 11 is 1.23. The summed E-state index contributed by atoms with van der Waals surface area (Å²) in [6.07, 6.45) is -2.70. The van der Waals surface area contributed by atoms with Crippen LogP contribution < -0.4 is 10.1 Å². The van der Waals surface area contributed by atoms with E-state index in [1.165, 1.54) is 37.3 Å². The molecular formula is C22H22F4N4O3S. The molecule has 0 fully saturated rings. The number of hydrogen-bond acceptors (Lipinski definition) is 7. The van der Waals surface area contributed by atoms with Gasteiger partial charge in [0.15, 0.2) is 0 Å². The number of carbonyl (C=O) groups excluding carboxylic acids is 1. The molecule has 3 atom stereocenters. The minimum atomic E-state index is -4.69. The first-order valence-electron chi connectivity index (χ1n) is 10.2. The Hall–Kier alpha value is -3.12. The predicted octanol–water partition coefficient (Wildman–Crippen LogP) is 4.71. The summed E-state index contributed by atoms with van der Waals surface area (Å²) in [6.45, 7) is 6.45. The maximum absolute atomic E-state index is 15.4. The van der Waals surface area contributed by atoms with Gasteiger partial charge < -0.3 is 15.2 Å². The standard InChI is InChI=1S/C22H22F4N4O3S/c1-10-7-27-20(34-10)17-6-15(33-13(4)12(3)31)5-16(18(17)23)19(32)30-11(2)14-8-28-21(29-9-14)22(24,25)26/h5-9,11-13,31H,1-4H3,(H,30,32)/t11-,12?,13?/m1/s1. The van der Waals surface area contributed by atoms with Crippen molar-refractivity contribution in [3.63, 3.8) is 0 Å². The number of aromatic nitrogens is 3. The van der Waals surface area contributed by atoms with Crippen molar-refractivity contribution >= 4 is 17.2 Å². The highest BCUT2D eigenvalue weighted by molar-refractivity contribution is 7.14. The van der Waals surface area contributed by atoms with E-state index in [1.807, 2.05) is 0 Å². The van der Waals surface area contributed by atoms with Crippen LogP contribution >= 0.6 is 11.3 Å². The molecule has 1 aromatic carbocycles. The third-order valence-corrected chi connectivity index (χ3v) is 5.86. The molecule has 182 valence electrons. The Morgan fingerprint density at radius 2 is 1.76 bits per heavy atom. The molecule has 2 unspecified atom stereocenters. The number of rotatable bonds is 7. The summed E-state index contributed by atoms with van der Waals surface area (Å²) in [5.41, 5.74) is -0.102. The number of thiazole rings is 1. The van der Waals surface area contributed by atoms with Crippen LogP contribution in [0.5, 0.6) is 5.75 Å². The molecule has 3 aromatic rings. The molecule has 0 aliphatic heterocycles. The van der Waals surface area contributed by atoms with Gasteiger partial charge in [0.1, 0.15) is 22.7 Å². The van der Waals surface area contributed by atoms with Gasteiger partial charge in [0.2, 0.25) is 5.82 Å². The average molecular weight is 499 g/mol. The molecule has 1 amide bonds. The number of amides is 1. The van der Waals surface area contributed by atoms with E-state index in [0.29, 0.717) is 5.01 Å². The Balaban J connectivity index is 1.92. The molecule has 0 aliphatic carbocycles. The van der Waals surface area contributed by atoms with E-state index in [1.54, 1.807) is 20.0 Å². The third kappa shape index (κ3) is 5.86. The first-order chi connectivity index (χ1) is 15.9. The van der Waals surface area contributed by atoms with Crippen LogP contribution in [0.2, 0.25) is 0 Å². The fourth-order valence-electron chi connectivity index (χ4n) is 2.84. The lowest BCUT2D eigenvalue weighted by atomic mass is 10.1. The summed E-state index contributed by atoms with van der Waals surface area (Å²) in [7, 11) is 0. The molecule has 0 saturated carbocycles. The van der Waals surface area contributed by atoms with Crippen LogP contribution in [0.25, 0.3) is 10.6 Å². The Morgan fingerprint density at radius 1 is 1.12 bits per heavy atom. The number of carbonyl (C=O) groups is 1. The highest BCUT2D eigenvalue weighted by atomic mass is 32.1. The first kappa shape index (κ1) is 25.5. The second kappa shape index (κ2) is 10.0. The number of nitrogens with one attached hydrogen (secondary N) is 1. The summed E-state index contributed by atoms with van der Waals surface area (Å²) in [4.78, 5) is 24.5. The van der Waals surface area contributed by atoms with Crippen molar-refractivity contribution in [1.82, 2.24) is 20.3 Å². The van der Waals surface area contributed by atoms with Crippen molar-refractivity contribution in [2.75, 3.05) is 0 Å². The van der Waals surface area contributed by atoms with Gasteiger partial charge in [-0.15, -0.1) is 11.3 Å². The molecule has 0 aliphatic rings. The van der Waals surface area contributed by atoms with Gasteiger partial charge in [0.05, 0.1) is 23.3 Å². The highest BCUT2D eigenvalue weighted by Crippen LogP contribution is 2.33. The van der Waals surface area contributed by atoms with Crippen molar-refractivity contribution in [2.45, 2.75) is 52.1 Å². The lowest BCUT2D eigenvalue weighted by molar-refractivity contribution is -0.145. The fraction of sp³-hybridized carbons (Fsp3) is 0.364. The Labute approximate surface area is 196 Å². The van der Waals surface area contributed by atoms with Gasteiger partial charge in [-0.2, -0.15) is 13.2 Å². The maximum atomic E-state index is 15.4. The van der Waals surface area contributed by atoms with Crippen molar-refractivity contribution in [2.24, 2.45) is 0 Å². The highest BCUT2D eigenvalue weighted by Gasteiger charge is 2.34. The SMILES string of the molecule is Cc1cnc(-c2cc(OC(C)C(C)O)cc(C(=O)N[C@H](C)c3cnc(C(F)(F)F)nc3)c2F)s1. The number of aryl methyl sites for hydroxylation is 1. The van der Waals surface area contributed by atoms with Crippen LogP contribution in [0, 0.1) is 12.7 Å². The lowest BCUT2D eigenvalue weighted by Gasteiger charge is -2.20. The van der Waals surface area contributed by atoms with Crippen molar-refractivity contribution in [3.05, 3.63) is 58.4 Å². The van der Waals surface area contributed by atoms with Gasteiger partial charge >= 0.3 is 6.18 Å². The van der Waals surface area contributed by atoms with Crippen LogP contribution in [0.1, 0.15) is 53.4 Å². The van der Waals surface area contributed by atoms with Crippen molar-refractivity contribution in [3.8, 4) is 16.3 Å². The van der Waals surface area contributed by atoms with Gasteiger partial charge in [0.25, 0.3) is 5.91 Å². The normalized spacial score (nSPS) is 14.4. The Bertz CT molecular complexity index is 1170. The zero-order chi connectivity index (χ0) is 25.2. The molecule has 0 saturated heterocycles. The predicted molar refractivity (Wildman–Crippen MR) is 117 cm³/mol. The number of alkyl halides is 3. The van der Waals surface area contributed by atoms with Gasteiger partial charge in [-0.1, -0.05) is 0 Å². The van der Waals surface area contributed by atoms with E-state index in [2.05, 4.69) is 20.3 Å². The zero-order valence-corrected chi connectivity index (χ0v) is 19.5. The monoisotopic (exact) mass is 498 g/mol. The van der Waals surface area contributed by atoms with Crippen molar-refractivity contribution < 1.29 is 32.2 Å². The summed E-state index contributed by atoms with van der Waals surface area (Å²) < 4.78 is 59.1. The largest absolute Gasteiger partial charge is 0.488 e. The molecule has 2 heterocycles. The van der Waals surface area contributed by atoms with Crippen LogP contribution in [0.3, 0.4) is 0 Å².